The second kappa shape index (κ2) is 19.9. The molecule has 0 heterocycles. The Morgan fingerprint density at radius 1 is 0.404 bits per heavy atom. The summed E-state index contributed by atoms with van der Waals surface area (Å²) < 4.78 is 0. The minimum atomic E-state index is 0.130. The normalized spacial score (nSPS) is 36.2. The van der Waals surface area contributed by atoms with Gasteiger partial charge in [0, 0.05) is 10.8 Å². The van der Waals surface area contributed by atoms with E-state index in [4.69, 9.17) is 0 Å². The summed E-state index contributed by atoms with van der Waals surface area (Å²) in [5, 5.41) is 0. The van der Waals surface area contributed by atoms with Crippen LogP contribution in [0, 0.1) is 46.3 Å². The molecule has 5 aliphatic rings. The van der Waals surface area contributed by atoms with Crippen molar-refractivity contribution in [3.63, 3.8) is 0 Å². The molecule has 1 heteroatoms. The summed E-state index contributed by atoms with van der Waals surface area (Å²) >= 11 is 0. The molecule has 0 aromatic carbocycles. The third-order valence-electron chi connectivity index (χ3n) is 15.7. The Hall–Kier alpha value is -0.330. The van der Waals surface area contributed by atoms with E-state index in [1.807, 2.05) is 0 Å². The molecule has 0 N–H and O–H groups in total. The second-order valence-corrected chi connectivity index (χ2v) is 18.8. The van der Waals surface area contributed by atoms with Gasteiger partial charge in [-0.05, 0) is 119 Å². The Kier molecular flexibility index (Phi) is 16.1. The van der Waals surface area contributed by atoms with E-state index in [0.717, 1.165) is 41.3 Å². The zero-order chi connectivity index (χ0) is 32.8. The van der Waals surface area contributed by atoms with Gasteiger partial charge in [0.25, 0.3) is 0 Å². The summed E-state index contributed by atoms with van der Waals surface area (Å²) in [7, 11) is 0. The molecule has 5 fully saturated rings. The van der Waals surface area contributed by atoms with Crippen molar-refractivity contribution < 1.29 is 4.79 Å². The van der Waals surface area contributed by atoms with Crippen LogP contribution in [-0.4, -0.2) is 5.78 Å². The number of carbonyl (C=O) groups is 1. The van der Waals surface area contributed by atoms with Gasteiger partial charge in [-0.15, -0.1) is 0 Å². The summed E-state index contributed by atoms with van der Waals surface area (Å²) in [6.07, 6.45) is 50.1. The van der Waals surface area contributed by atoms with Crippen molar-refractivity contribution >= 4 is 5.78 Å². The molecule has 5 saturated carbocycles. The number of carbonyl (C=O) groups excluding carboxylic acids is 1. The fourth-order valence-corrected chi connectivity index (χ4v) is 12.4. The molecular formula is C46H82O. The third-order valence-corrected chi connectivity index (χ3v) is 15.7. The Morgan fingerprint density at radius 2 is 0.702 bits per heavy atom. The number of rotatable bonds is 20. The molecule has 0 aliphatic heterocycles. The highest BCUT2D eigenvalue weighted by Gasteiger charge is 2.63. The molecule has 5 aliphatic carbocycles. The lowest BCUT2D eigenvalue weighted by Gasteiger charge is -2.60. The fourth-order valence-electron chi connectivity index (χ4n) is 12.4. The maximum Gasteiger partial charge on any atom is 0.145 e. The van der Waals surface area contributed by atoms with Gasteiger partial charge in [-0.25, -0.2) is 0 Å². The van der Waals surface area contributed by atoms with Crippen molar-refractivity contribution in [1.82, 2.24) is 0 Å². The molecule has 0 bridgehead atoms. The van der Waals surface area contributed by atoms with Gasteiger partial charge in [-0.2, -0.15) is 0 Å². The smallest absolute Gasteiger partial charge is 0.145 e. The SMILES string of the molecule is CCCCCCCCCCC1CCC(C2CCC3(CC2)CC2(CCC(C4CCC(CCCCCCCCCC)CC4)CC2)C3=O)CC1. The van der Waals surface area contributed by atoms with Crippen LogP contribution in [0.3, 0.4) is 0 Å². The highest BCUT2D eigenvalue weighted by atomic mass is 16.1. The van der Waals surface area contributed by atoms with E-state index in [0.29, 0.717) is 0 Å². The number of unbranched alkanes of at least 4 members (excludes halogenated alkanes) is 14. The first kappa shape index (κ1) is 37.9. The first-order valence-corrected chi connectivity index (χ1v) is 22.6. The molecule has 0 atom stereocenters. The highest BCUT2D eigenvalue weighted by Crippen LogP contribution is 2.65. The second-order valence-electron chi connectivity index (χ2n) is 18.8. The van der Waals surface area contributed by atoms with E-state index >= 15 is 0 Å². The van der Waals surface area contributed by atoms with Crippen LogP contribution in [0.2, 0.25) is 0 Å². The van der Waals surface area contributed by atoms with Crippen molar-refractivity contribution in [1.29, 1.82) is 0 Å². The van der Waals surface area contributed by atoms with Crippen LogP contribution in [0.4, 0.5) is 0 Å². The Labute approximate surface area is 294 Å². The summed E-state index contributed by atoms with van der Waals surface area (Å²) in [6.45, 7) is 4.63. The Bertz CT molecular complexity index is 772. The largest absolute Gasteiger partial charge is 0.298 e. The van der Waals surface area contributed by atoms with Gasteiger partial charge < -0.3 is 0 Å². The lowest BCUT2D eigenvalue weighted by Crippen LogP contribution is -2.60. The average Bonchev–Trinajstić information content (AvgIpc) is 3.11. The summed E-state index contributed by atoms with van der Waals surface area (Å²) in [6, 6.07) is 0. The van der Waals surface area contributed by atoms with Gasteiger partial charge in [-0.1, -0.05) is 155 Å². The lowest BCUT2D eigenvalue weighted by molar-refractivity contribution is -0.170. The predicted molar refractivity (Wildman–Crippen MR) is 204 cm³/mol. The molecule has 1 nitrogen and oxygen atoms in total. The summed E-state index contributed by atoms with van der Waals surface area (Å²) in [5.74, 6) is 6.67. The van der Waals surface area contributed by atoms with Gasteiger partial charge in [0.05, 0.1) is 0 Å². The van der Waals surface area contributed by atoms with Crippen molar-refractivity contribution in [3.8, 4) is 0 Å². The van der Waals surface area contributed by atoms with Crippen LogP contribution in [0.15, 0.2) is 0 Å². The molecule has 0 saturated heterocycles. The van der Waals surface area contributed by atoms with Crippen molar-refractivity contribution in [3.05, 3.63) is 0 Å². The molecule has 0 amide bonds. The molecule has 0 radical (unpaired) electrons. The molecule has 47 heavy (non-hydrogen) atoms. The molecule has 5 rings (SSSR count). The van der Waals surface area contributed by atoms with Gasteiger partial charge in [0.1, 0.15) is 5.78 Å². The highest BCUT2D eigenvalue weighted by molar-refractivity contribution is 5.96. The van der Waals surface area contributed by atoms with Crippen LogP contribution in [0.25, 0.3) is 0 Å². The van der Waals surface area contributed by atoms with E-state index in [1.165, 1.54) is 225 Å². The van der Waals surface area contributed by atoms with Crippen molar-refractivity contribution in [2.45, 2.75) is 239 Å². The third kappa shape index (κ3) is 10.8. The summed E-state index contributed by atoms with van der Waals surface area (Å²) in [5.41, 5.74) is 0.259. The van der Waals surface area contributed by atoms with Gasteiger partial charge >= 0.3 is 0 Å². The predicted octanol–water partition coefficient (Wildman–Crippen LogP) is 15.0. The summed E-state index contributed by atoms with van der Waals surface area (Å²) in [4.78, 5) is 14.0. The first-order chi connectivity index (χ1) is 23.1. The maximum atomic E-state index is 14.0. The molecule has 0 aromatic rings. The molecule has 2 spiro atoms. The van der Waals surface area contributed by atoms with Crippen LogP contribution >= 0.6 is 0 Å². The first-order valence-electron chi connectivity index (χ1n) is 22.6. The average molecular weight is 651 g/mol. The van der Waals surface area contributed by atoms with Crippen LogP contribution < -0.4 is 0 Å². The van der Waals surface area contributed by atoms with Crippen LogP contribution in [0.5, 0.6) is 0 Å². The molecule has 272 valence electrons. The van der Waals surface area contributed by atoms with E-state index in [1.54, 1.807) is 0 Å². The van der Waals surface area contributed by atoms with Crippen LogP contribution in [0.1, 0.15) is 239 Å². The fraction of sp³-hybridized carbons (Fsp3) is 0.978. The number of Topliss-reactive ketones (excluding diaryl/α,β-unsaturated/α-hetero) is 1. The standard InChI is InChI=1S/C46H82O/c1-3-5-7-9-11-13-15-17-19-38-21-25-40(26-22-38)42-29-33-45(34-30-42)37-46(44(45)47)35-31-43(32-36-46)41-27-23-39(24-28-41)20-18-16-14-12-10-8-6-4-2/h38-43H,3-37H2,1-2H3. The Balaban J connectivity index is 0.903. The monoisotopic (exact) mass is 651 g/mol. The number of hydrogen-bond acceptors (Lipinski definition) is 1. The van der Waals surface area contributed by atoms with Gasteiger partial charge in [0.15, 0.2) is 0 Å². The number of ketones is 1. The van der Waals surface area contributed by atoms with Gasteiger partial charge in [0.2, 0.25) is 0 Å². The number of hydrogen-bond donors (Lipinski definition) is 0. The van der Waals surface area contributed by atoms with Crippen molar-refractivity contribution in [2.75, 3.05) is 0 Å². The van der Waals surface area contributed by atoms with E-state index in [2.05, 4.69) is 13.8 Å². The Morgan fingerprint density at radius 3 is 1.02 bits per heavy atom. The maximum absolute atomic E-state index is 14.0. The van der Waals surface area contributed by atoms with Crippen LogP contribution in [-0.2, 0) is 4.79 Å². The zero-order valence-electron chi connectivity index (χ0n) is 32.1. The minimum absolute atomic E-state index is 0.130. The minimum Gasteiger partial charge on any atom is -0.298 e. The molecule has 0 aromatic heterocycles. The van der Waals surface area contributed by atoms with E-state index < -0.39 is 0 Å². The van der Waals surface area contributed by atoms with E-state index in [-0.39, 0.29) is 10.8 Å². The zero-order valence-corrected chi connectivity index (χ0v) is 32.1. The molecule has 0 unspecified atom stereocenters. The van der Waals surface area contributed by atoms with Gasteiger partial charge in [-0.3, -0.25) is 4.79 Å². The molecular weight excluding hydrogens is 569 g/mol. The lowest BCUT2D eigenvalue weighted by atomic mass is 9.42. The topological polar surface area (TPSA) is 17.1 Å². The quantitative estimate of drug-likeness (QED) is 0.120. The van der Waals surface area contributed by atoms with Crippen molar-refractivity contribution in [2.24, 2.45) is 46.3 Å². The van der Waals surface area contributed by atoms with E-state index in [9.17, 15) is 4.79 Å².